The molecule has 2 N–H and O–H groups in total. The SMILES string of the molecule is CNc1cccc(Cc2ccc3c(c2)CCCN3)c1. The highest BCUT2D eigenvalue weighted by atomic mass is 14.9. The van der Waals surface area contributed by atoms with Gasteiger partial charge in [0.1, 0.15) is 0 Å². The molecule has 0 unspecified atom stereocenters. The fraction of sp³-hybridized carbons (Fsp3) is 0.294. The Morgan fingerprint density at radius 2 is 2.00 bits per heavy atom. The highest BCUT2D eigenvalue weighted by molar-refractivity contribution is 5.55. The number of fused-ring (bicyclic) bond motifs is 1. The van der Waals surface area contributed by atoms with E-state index < -0.39 is 0 Å². The van der Waals surface area contributed by atoms with E-state index in [1.807, 2.05) is 7.05 Å². The van der Waals surface area contributed by atoms with Crippen LogP contribution in [0.2, 0.25) is 0 Å². The van der Waals surface area contributed by atoms with Crippen molar-refractivity contribution in [3.63, 3.8) is 0 Å². The first kappa shape index (κ1) is 12.1. The van der Waals surface area contributed by atoms with Crippen LogP contribution >= 0.6 is 0 Å². The quantitative estimate of drug-likeness (QED) is 0.870. The molecule has 0 bridgehead atoms. The Labute approximate surface area is 114 Å². The number of hydrogen-bond donors (Lipinski definition) is 2. The van der Waals surface area contributed by atoms with E-state index in [-0.39, 0.29) is 0 Å². The van der Waals surface area contributed by atoms with Crippen molar-refractivity contribution in [2.45, 2.75) is 19.3 Å². The lowest BCUT2D eigenvalue weighted by atomic mass is 9.97. The Balaban J connectivity index is 1.82. The zero-order valence-electron chi connectivity index (χ0n) is 11.4. The van der Waals surface area contributed by atoms with E-state index >= 15 is 0 Å². The predicted octanol–water partition coefficient (Wildman–Crippen LogP) is 3.68. The monoisotopic (exact) mass is 252 g/mol. The lowest BCUT2D eigenvalue weighted by Crippen LogP contribution is -2.11. The van der Waals surface area contributed by atoms with Gasteiger partial charge in [-0.05, 0) is 54.2 Å². The molecule has 2 heteroatoms. The van der Waals surface area contributed by atoms with Crippen molar-refractivity contribution in [3.05, 3.63) is 59.2 Å². The number of benzene rings is 2. The molecule has 98 valence electrons. The van der Waals surface area contributed by atoms with Gasteiger partial charge in [-0.2, -0.15) is 0 Å². The molecule has 0 aliphatic carbocycles. The van der Waals surface area contributed by atoms with Gasteiger partial charge in [0, 0.05) is 25.0 Å². The van der Waals surface area contributed by atoms with Gasteiger partial charge < -0.3 is 10.6 Å². The van der Waals surface area contributed by atoms with Gasteiger partial charge in [-0.25, -0.2) is 0 Å². The number of hydrogen-bond acceptors (Lipinski definition) is 2. The van der Waals surface area contributed by atoms with E-state index in [1.165, 1.54) is 40.9 Å². The van der Waals surface area contributed by atoms with Crippen LogP contribution in [0.1, 0.15) is 23.1 Å². The third-order valence-electron chi connectivity index (χ3n) is 3.73. The zero-order valence-corrected chi connectivity index (χ0v) is 11.4. The fourth-order valence-corrected chi connectivity index (χ4v) is 2.71. The molecule has 0 atom stereocenters. The Kier molecular flexibility index (Phi) is 3.41. The van der Waals surface area contributed by atoms with Gasteiger partial charge in [0.15, 0.2) is 0 Å². The molecular weight excluding hydrogens is 232 g/mol. The summed E-state index contributed by atoms with van der Waals surface area (Å²) in [6.45, 7) is 1.11. The smallest absolute Gasteiger partial charge is 0.0372 e. The molecule has 3 rings (SSSR count). The normalized spacial score (nSPS) is 13.5. The molecule has 19 heavy (non-hydrogen) atoms. The Bertz CT molecular complexity index is 575. The summed E-state index contributed by atoms with van der Waals surface area (Å²) in [6, 6.07) is 15.4. The Hall–Kier alpha value is -1.96. The fourth-order valence-electron chi connectivity index (χ4n) is 2.71. The maximum absolute atomic E-state index is 3.46. The Morgan fingerprint density at radius 1 is 1.11 bits per heavy atom. The number of rotatable bonds is 3. The van der Waals surface area contributed by atoms with Crippen molar-refractivity contribution in [1.82, 2.24) is 0 Å². The topological polar surface area (TPSA) is 24.1 Å². The molecule has 1 aliphatic rings. The first-order valence-electron chi connectivity index (χ1n) is 6.97. The summed E-state index contributed by atoms with van der Waals surface area (Å²) < 4.78 is 0. The number of nitrogens with one attached hydrogen (secondary N) is 2. The lowest BCUT2D eigenvalue weighted by Gasteiger charge is -2.18. The van der Waals surface area contributed by atoms with Crippen LogP contribution in [-0.2, 0) is 12.8 Å². The summed E-state index contributed by atoms with van der Waals surface area (Å²) in [4.78, 5) is 0. The summed E-state index contributed by atoms with van der Waals surface area (Å²) in [5.41, 5.74) is 6.72. The van der Waals surface area contributed by atoms with Crippen LogP contribution in [0.5, 0.6) is 0 Å². The van der Waals surface area contributed by atoms with Crippen LogP contribution in [-0.4, -0.2) is 13.6 Å². The first-order valence-corrected chi connectivity index (χ1v) is 6.97. The minimum Gasteiger partial charge on any atom is -0.388 e. The highest BCUT2D eigenvalue weighted by Crippen LogP contribution is 2.24. The van der Waals surface area contributed by atoms with Gasteiger partial charge in [0.25, 0.3) is 0 Å². The second kappa shape index (κ2) is 5.35. The minimum absolute atomic E-state index is 1.00. The maximum atomic E-state index is 3.46. The van der Waals surface area contributed by atoms with Crippen LogP contribution in [0.25, 0.3) is 0 Å². The molecule has 2 nitrogen and oxygen atoms in total. The lowest BCUT2D eigenvalue weighted by molar-refractivity contribution is 0.828. The molecule has 0 amide bonds. The average molecular weight is 252 g/mol. The highest BCUT2D eigenvalue weighted by Gasteiger charge is 2.08. The number of aryl methyl sites for hydroxylation is 1. The minimum atomic E-state index is 1.00. The van der Waals surface area contributed by atoms with Gasteiger partial charge in [-0.15, -0.1) is 0 Å². The molecule has 2 aromatic rings. The molecule has 0 radical (unpaired) electrons. The molecule has 0 aromatic heterocycles. The van der Waals surface area contributed by atoms with E-state index in [0.717, 1.165) is 13.0 Å². The summed E-state index contributed by atoms with van der Waals surface area (Å²) in [7, 11) is 1.96. The summed E-state index contributed by atoms with van der Waals surface area (Å²) in [5, 5.41) is 6.65. The third kappa shape index (κ3) is 2.73. The van der Waals surface area contributed by atoms with Gasteiger partial charge in [-0.3, -0.25) is 0 Å². The van der Waals surface area contributed by atoms with E-state index in [1.54, 1.807) is 0 Å². The molecule has 0 saturated carbocycles. The second-order valence-corrected chi connectivity index (χ2v) is 5.15. The van der Waals surface area contributed by atoms with Crippen molar-refractivity contribution < 1.29 is 0 Å². The zero-order chi connectivity index (χ0) is 13.1. The van der Waals surface area contributed by atoms with E-state index in [9.17, 15) is 0 Å². The third-order valence-corrected chi connectivity index (χ3v) is 3.73. The molecule has 0 saturated heterocycles. The van der Waals surface area contributed by atoms with Crippen LogP contribution < -0.4 is 10.6 Å². The summed E-state index contributed by atoms with van der Waals surface area (Å²) in [6.07, 6.45) is 3.45. The van der Waals surface area contributed by atoms with Crippen molar-refractivity contribution in [1.29, 1.82) is 0 Å². The van der Waals surface area contributed by atoms with E-state index in [0.29, 0.717) is 0 Å². The average Bonchev–Trinajstić information content (AvgIpc) is 2.47. The molecule has 1 heterocycles. The van der Waals surface area contributed by atoms with Crippen molar-refractivity contribution >= 4 is 11.4 Å². The van der Waals surface area contributed by atoms with Crippen molar-refractivity contribution in [2.75, 3.05) is 24.2 Å². The van der Waals surface area contributed by atoms with Crippen LogP contribution in [0.3, 0.4) is 0 Å². The van der Waals surface area contributed by atoms with E-state index in [2.05, 4.69) is 53.1 Å². The Morgan fingerprint density at radius 3 is 2.89 bits per heavy atom. The molecule has 1 aliphatic heterocycles. The van der Waals surface area contributed by atoms with Crippen molar-refractivity contribution in [3.8, 4) is 0 Å². The predicted molar refractivity (Wildman–Crippen MR) is 82.0 cm³/mol. The second-order valence-electron chi connectivity index (χ2n) is 5.15. The molecule has 0 spiro atoms. The number of anilines is 2. The van der Waals surface area contributed by atoms with Gasteiger partial charge in [-0.1, -0.05) is 24.3 Å². The standard InChI is InChI=1S/C17H20N2/c1-18-16-6-2-4-13(12-16)10-14-7-8-17-15(11-14)5-3-9-19-17/h2,4,6-8,11-12,18-19H,3,5,9-10H2,1H3. The van der Waals surface area contributed by atoms with Crippen LogP contribution in [0.15, 0.2) is 42.5 Å². The molecular formula is C17H20N2. The first-order chi connectivity index (χ1) is 9.35. The largest absolute Gasteiger partial charge is 0.388 e. The van der Waals surface area contributed by atoms with Crippen LogP contribution in [0, 0.1) is 0 Å². The molecule has 2 aromatic carbocycles. The van der Waals surface area contributed by atoms with Gasteiger partial charge in [0.2, 0.25) is 0 Å². The van der Waals surface area contributed by atoms with Gasteiger partial charge in [0.05, 0.1) is 0 Å². The summed E-state index contributed by atoms with van der Waals surface area (Å²) >= 11 is 0. The molecule has 0 fully saturated rings. The van der Waals surface area contributed by atoms with Crippen LogP contribution in [0.4, 0.5) is 11.4 Å². The maximum Gasteiger partial charge on any atom is 0.0372 e. The van der Waals surface area contributed by atoms with Gasteiger partial charge >= 0.3 is 0 Å². The van der Waals surface area contributed by atoms with Crippen molar-refractivity contribution in [2.24, 2.45) is 0 Å². The van der Waals surface area contributed by atoms with E-state index in [4.69, 9.17) is 0 Å². The summed E-state index contributed by atoms with van der Waals surface area (Å²) in [5.74, 6) is 0.